The molecule has 0 saturated carbocycles. The van der Waals surface area contributed by atoms with E-state index < -0.39 is 17.4 Å². The fourth-order valence-corrected chi connectivity index (χ4v) is 3.84. The van der Waals surface area contributed by atoms with Gasteiger partial charge in [-0.25, -0.2) is 4.79 Å². The van der Waals surface area contributed by atoms with Crippen LogP contribution in [0.4, 0.5) is 0 Å². The van der Waals surface area contributed by atoms with Gasteiger partial charge >= 0.3 is 5.97 Å². The average molecular weight is 367 g/mol. The smallest absolute Gasteiger partial charge is 0.329 e. The van der Waals surface area contributed by atoms with Gasteiger partial charge in [0.05, 0.1) is 13.2 Å². The summed E-state index contributed by atoms with van der Waals surface area (Å²) < 4.78 is 11.2. The molecule has 1 saturated heterocycles. The van der Waals surface area contributed by atoms with Crippen molar-refractivity contribution >= 4 is 23.6 Å². The molecular formula is C18H25NO5S. The minimum atomic E-state index is -1.19. The zero-order valence-electron chi connectivity index (χ0n) is 14.7. The number of amides is 1. The number of aliphatic carboxylic acids is 1. The summed E-state index contributed by atoms with van der Waals surface area (Å²) in [6, 6.07) is 4.94. The molecule has 1 heterocycles. The van der Waals surface area contributed by atoms with Gasteiger partial charge in [0.15, 0.2) is 11.5 Å². The van der Waals surface area contributed by atoms with Crippen molar-refractivity contribution in [3.63, 3.8) is 0 Å². The minimum absolute atomic E-state index is 0.367. The Morgan fingerprint density at radius 2 is 1.92 bits per heavy atom. The highest BCUT2D eigenvalue weighted by Crippen LogP contribution is 2.31. The lowest BCUT2D eigenvalue weighted by Crippen LogP contribution is -2.56. The number of carboxylic acids is 1. The Kier molecular flexibility index (Phi) is 6.99. The van der Waals surface area contributed by atoms with Crippen LogP contribution in [0.15, 0.2) is 18.2 Å². The van der Waals surface area contributed by atoms with Crippen molar-refractivity contribution < 1.29 is 24.2 Å². The summed E-state index contributed by atoms with van der Waals surface area (Å²) in [6.07, 6.45) is 1.72. The van der Waals surface area contributed by atoms with Crippen LogP contribution < -0.4 is 14.8 Å². The number of ether oxygens (including phenoxy) is 2. The summed E-state index contributed by atoms with van der Waals surface area (Å²) in [5.41, 5.74) is -0.822. The van der Waals surface area contributed by atoms with Gasteiger partial charge in [-0.2, -0.15) is 11.8 Å². The maximum absolute atomic E-state index is 12.6. The molecule has 0 radical (unpaired) electrons. The molecule has 138 valence electrons. The molecule has 2 N–H and O–H groups in total. The number of rotatable bonds is 8. The molecule has 0 aliphatic carbocycles. The molecule has 1 aliphatic rings. The van der Waals surface area contributed by atoms with Crippen LogP contribution in [0.2, 0.25) is 0 Å². The predicted molar refractivity (Wildman–Crippen MR) is 97.8 cm³/mol. The van der Waals surface area contributed by atoms with E-state index in [1.807, 2.05) is 13.8 Å². The SMILES string of the molecule is CCCOc1ccc(C(=O)NC2(C(=O)O)CCSCC2)cc1OCC. The molecule has 0 bridgehead atoms. The molecular weight excluding hydrogens is 342 g/mol. The van der Waals surface area contributed by atoms with Crippen molar-refractivity contribution in [3.8, 4) is 11.5 Å². The molecule has 6 nitrogen and oxygen atoms in total. The van der Waals surface area contributed by atoms with Crippen molar-refractivity contribution in [2.45, 2.75) is 38.6 Å². The second-order valence-electron chi connectivity index (χ2n) is 5.90. The Morgan fingerprint density at radius 3 is 2.52 bits per heavy atom. The van der Waals surface area contributed by atoms with Crippen molar-refractivity contribution in [3.05, 3.63) is 23.8 Å². The van der Waals surface area contributed by atoms with E-state index in [-0.39, 0.29) is 0 Å². The summed E-state index contributed by atoms with van der Waals surface area (Å²) in [7, 11) is 0. The Bertz CT molecular complexity index is 613. The van der Waals surface area contributed by atoms with Crippen LogP contribution in [-0.2, 0) is 4.79 Å². The molecule has 1 aromatic carbocycles. The van der Waals surface area contributed by atoms with E-state index in [0.717, 1.165) is 17.9 Å². The Balaban J connectivity index is 2.20. The average Bonchev–Trinajstić information content (AvgIpc) is 2.61. The highest BCUT2D eigenvalue weighted by molar-refractivity contribution is 7.99. The van der Waals surface area contributed by atoms with Crippen LogP contribution >= 0.6 is 11.8 Å². The van der Waals surface area contributed by atoms with Gasteiger partial charge in [0.1, 0.15) is 5.54 Å². The van der Waals surface area contributed by atoms with Crippen LogP contribution in [0.5, 0.6) is 11.5 Å². The number of nitrogens with one attached hydrogen (secondary N) is 1. The third-order valence-corrected chi connectivity index (χ3v) is 5.06. The van der Waals surface area contributed by atoms with Gasteiger partial charge in [-0.05, 0) is 55.9 Å². The molecule has 1 aromatic rings. The normalized spacial score (nSPS) is 16.1. The summed E-state index contributed by atoms with van der Waals surface area (Å²) in [5, 5.41) is 12.3. The van der Waals surface area contributed by atoms with Crippen molar-refractivity contribution in [2.75, 3.05) is 24.7 Å². The van der Waals surface area contributed by atoms with Gasteiger partial charge in [0, 0.05) is 5.56 Å². The van der Waals surface area contributed by atoms with E-state index >= 15 is 0 Å². The van der Waals surface area contributed by atoms with Crippen molar-refractivity contribution in [1.29, 1.82) is 0 Å². The third kappa shape index (κ3) is 4.81. The van der Waals surface area contributed by atoms with Gasteiger partial charge in [0.25, 0.3) is 5.91 Å². The fraction of sp³-hybridized carbons (Fsp3) is 0.556. The first-order valence-corrected chi connectivity index (χ1v) is 9.71. The van der Waals surface area contributed by atoms with Crippen LogP contribution in [0, 0.1) is 0 Å². The molecule has 0 unspecified atom stereocenters. The fourth-order valence-electron chi connectivity index (χ4n) is 2.65. The van der Waals surface area contributed by atoms with Gasteiger partial charge in [-0.3, -0.25) is 4.79 Å². The first kappa shape index (κ1) is 19.4. The molecule has 0 aromatic heterocycles. The molecule has 1 fully saturated rings. The lowest BCUT2D eigenvalue weighted by atomic mass is 9.92. The maximum atomic E-state index is 12.6. The summed E-state index contributed by atoms with van der Waals surface area (Å²) in [6.45, 7) is 4.88. The Hall–Kier alpha value is -1.89. The number of carbonyl (C=O) groups excluding carboxylic acids is 1. The molecule has 1 amide bonds. The van der Waals surface area contributed by atoms with E-state index in [1.54, 1.807) is 30.0 Å². The summed E-state index contributed by atoms with van der Waals surface area (Å²) in [5.74, 6) is 1.14. The summed E-state index contributed by atoms with van der Waals surface area (Å²) >= 11 is 1.70. The van der Waals surface area contributed by atoms with Crippen LogP contribution in [0.25, 0.3) is 0 Å². The second kappa shape index (κ2) is 8.99. The highest BCUT2D eigenvalue weighted by atomic mass is 32.2. The standard InChI is InChI=1S/C18H25NO5S/c1-3-9-24-14-6-5-13(12-15(14)23-4-2)16(20)19-18(17(21)22)7-10-25-11-8-18/h5-6,12H,3-4,7-11H2,1-2H3,(H,19,20)(H,21,22). The Morgan fingerprint density at radius 1 is 1.20 bits per heavy atom. The zero-order valence-corrected chi connectivity index (χ0v) is 15.5. The van der Waals surface area contributed by atoms with Crippen molar-refractivity contribution in [1.82, 2.24) is 5.32 Å². The van der Waals surface area contributed by atoms with Crippen molar-refractivity contribution in [2.24, 2.45) is 0 Å². The third-order valence-electron chi connectivity index (χ3n) is 4.08. The molecule has 7 heteroatoms. The van der Waals surface area contributed by atoms with Gasteiger partial charge in [0.2, 0.25) is 0 Å². The molecule has 25 heavy (non-hydrogen) atoms. The molecule has 0 spiro atoms. The first-order valence-electron chi connectivity index (χ1n) is 8.55. The Labute approximate surface area is 152 Å². The molecule has 2 rings (SSSR count). The zero-order chi connectivity index (χ0) is 18.3. The number of carboxylic acid groups (broad SMARTS) is 1. The lowest BCUT2D eigenvalue weighted by Gasteiger charge is -2.33. The van der Waals surface area contributed by atoms with E-state index in [9.17, 15) is 14.7 Å². The monoisotopic (exact) mass is 367 g/mol. The topological polar surface area (TPSA) is 84.9 Å². The second-order valence-corrected chi connectivity index (χ2v) is 7.12. The number of benzene rings is 1. The largest absolute Gasteiger partial charge is 0.490 e. The van der Waals surface area contributed by atoms with E-state index in [0.29, 0.717) is 43.1 Å². The van der Waals surface area contributed by atoms with Gasteiger partial charge in [-0.1, -0.05) is 6.92 Å². The molecule has 0 atom stereocenters. The number of hydrogen-bond acceptors (Lipinski definition) is 5. The van der Waals surface area contributed by atoms with E-state index in [1.165, 1.54) is 0 Å². The van der Waals surface area contributed by atoms with Crippen LogP contribution in [-0.4, -0.2) is 47.2 Å². The molecule has 1 aliphatic heterocycles. The van der Waals surface area contributed by atoms with Crippen LogP contribution in [0.1, 0.15) is 43.5 Å². The van der Waals surface area contributed by atoms with Gasteiger partial charge < -0.3 is 19.9 Å². The van der Waals surface area contributed by atoms with Crippen LogP contribution in [0.3, 0.4) is 0 Å². The number of carbonyl (C=O) groups is 2. The number of hydrogen-bond donors (Lipinski definition) is 2. The first-order chi connectivity index (χ1) is 12.0. The van der Waals surface area contributed by atoms with Gasteiger partial charge in [-0.15, -0.1) is 0 Å². The quantitative estimate of drug-likeness (QED) is 0.735. The lowest BCUT2D eigenvalue weighted by molar-refractivity contribution is -0.144. The number of thioether (sulfide) groups is 1. The highest BCUT2D eigenvalue weighted by Gasteiger charge is 2.41. The minimum Gasteiger partial charge on any atom is -0.490 e. The van der Waals surface area contributed by atoms with E-state index in [4.69, 9.17) is 9.47 Å². The van der Waals surface area contributed by atoms with E-state index in [2.05, 4.69) is 5.32 Å². The summed E-state index contributed by atoms with van der Waals surface area (Å²) in [4.78, 5) is 24.3. The maximum Gasteiger partial charge on any atom is 0.329 e. The predicted octanol–water partition coefficient (Wildman–Crippen LogP) is 2.95.